The van der Waals surface area contributed by atoms with Gasteiger partial charge in [-0.1, -0.05) is 58.0 Å². The molecule has 2 aromatic rings. The topological polar surface area (TPSA) is 76.1 Å². The number of nitriles is 1. The number of hydrogen-bond donors (Lipinski definition) is 1. The van der Waals surface area contributed by atoms with Crippen molar-refractivity contribution in [1.82, 2.24) is 0 Å². The van der Waals surface area contributed by atoms with E-state index in [2.05, 4.69) is 22.0 Å². The molecule has 2 heterocycles. The lowest BCUT2D eigenvalue weighted by Gasteiger charge is -2.39. The summed E-state index contributed by atoms with van der Waals surface area (Å²) in [7, 11) is 0. The number of thioether (sulfide) groups is 1. The summed E-state index contributed by atoms with van der Waals surface area (Å²) in [4.78, 5) is 12.8. The summed E-state index contributed by atoms with van der Waals surface area (Å²) in [5.74, 6) is -0.712. The van der Waals surface area contributed by atoms with Crippen molar-refractivity contribution >= 4 is 33.7 Å². The van der Waals surface area contributed by atoms with Crippen molar-refractivity contribution in [1.29, 1.82) is 5.26 Å². The van der Waals surface area contributed by atoms with Gasteiger partial charge >= 0.3 is 5.97 Å². The second kappa shape index (κ2) is 6.25. The minimum Gasteiger partial charge on any atom is -0.426 e. The average molecular weight is 413 g/mol. The highest BCUT2D eigenvalue weighted by Crippen LogP contribution is 2.56. The van der Waals surface area contributed by atoms with Crippen LogP contribution in [0.4, 0.5) is 0 Å². The van der Waals surface area contributed by atoms with Crippen molar-refractivity contribution in [3.05, 3.63) is 74.7 Å². The second-order valence-corrected chi connectivity index (χ2v) is 8.04. The molecule has 2 aromatic carbocycles. The number of hydrogen-bond acceptors (Lipinski definition) is 5. The van der Waals surface area contributed by atoms with E-state index in [1.807, 2.05) is 42.5 Å². The summed E-state index contributed by atoms with van der Waals surface area (Å²) in [6.45, 7) is 0. The highest BCUT2D eigenvalue weighted by molar-refractivity contribution is 9.10. The van der Waals surface area contributed by atoms with Crippen LogP contribution in [0.1, 0.15) is 22.3 Å². The molecule has 2 N–H and O–H groups in total. The summed E-state index contributed by atoms with van der Waals surface area (Å²) < 4.78 is 6.46. The number of rotatable bonds is 1. The number of allylic oxidation sites excluding steroid dienone is 1. The maximum atomic E-state index is 12.8. The fraction of sp³-hybridized carbons (Fsp3) is 0.158. The smallest absolute Gasteiger partial charge is 0.316 e. The molecule has 0 saturated heterocycles. The van der Waals surface area contributed by atoms with Gasteiger partial charge in [0.15, 0.2) is 0 Å². The molecule has 0 radical (unpaired) electrons. The van der Waals surface area contributed by atoms with Crippen LogP contribution in [0.15, 0.2) is 63.6 Å². The lowest BCUT2D eigenvalue weighted by molar-refractivity contribution is -0.140. The van der Waals surface area contributed by atoms with Gasteiger partial charge in [0, 0.05) is 16.0 Å². The Kier molecular flexibility index (Phi) is 4.06. The first-order valence-electron chi connectivity index (χ1n) is 7.72. The Morgan fingerprint density at radius 1 is 1.20 bits per heavy atom. The molecule has 0 aliphatic carbocycles. The number of halogens is 1. The van der Waals surface area contributed by atoms with Gasteiger partial charge in [-0.25, -0.2) is 0 Å². The van der Waals surface area contributed by atoms with Gasteiger partial charge in [-0.05, 0) is 23.8 Å². The summed E-state index contributed by atoms with van der Waals surface area (Å²) in [5.41, 5.74) is 8.48. The van der Waals surface area contributed by atoms with Gasteiger partial charge < -0.3 is 10.5 Å². The number of nitrogens with two attached hydrogens (primary N) is 1. The third-order valence-electron chi connectivity index (χ3n) is 4.55. The van der Waals surface area contributed by atoms with Crippen LogP contribution in [0.3, 0.4) is 0 Å². The number of benzene rings is 2. The molecule has 0 spiro atoms. The van der Waals surface area contributed by atoms with E-state index in [0.29, 0.717) is 16.4 Å². The van der Waals surface area contributed by atoms with Crippen LogP contribution >= 0.6 is 27.7 Å². The van der Waals surface area contributed by atoms with Crippen LogP contribution in [-0.4, -0.2) is 5.97 Å². The number of nitrogens with zero attached hydrogens (tertiary/aromatic N) is 1. The zero-order valence-electron chi connectivity index (χ0n) is 13.0. The molecule has 4 nitrogen and oxygen atoms in total. The summed E-state index contributed by atoms with van der Waals surface area (Å²) in [6, 6.07) is 17.4. The molecule has 25 heavy (non-hydrogen) atoms. The molecule has 2 aliphatic heterocycles. The van der Waals surface area contributed by atoms with Gasteiger partial charge in [0.1, 0.15) is 5.75 Å². The zero-order valence-corrected chi connectivity index (χ0v) is 15.4. The lowest BCUT2D eigenvalue weighted by Crippen LogP contribution is -2.38. The Bertz CT molecular complexity index is 936. The van der Waals surface area contributed by atoms with Crippen molar-refractivity contribution in [2.75, 3.05) is 0 Å². The third kappa shape index (κ3) is 2.64. The first kappa shape index (κ1) is 16.2. The van der Waals surface area contributed by atoms with Gasteiger partial charge in [-0.15, -0.1) is 0 Å². The predicted octanol–water partition coefficient (Wildman–Crippen LogP) is 4.25. The van der Waals surface area contributed by atoms with Crippen LogP contribution in [0.2, 0.25) is 0 Å². The van der Waals surface area contributed by atoms with Gasteiger partial charge in [-0.2, -0.15) is 5.26 Å². The molecular formula is C19H13BrN2O2S. The van der Waals surface area contributed by atoms with Gasteiger partial charge in [0.25, 0.3) is 0 Å². The highest BCUT2D eigenvalue weighted by atomic mass is 79.9. The number of esters is 1. The van der Waals surface area contributed by atoms with E-state index in [-0.39, 0.29) is 11.2 Å². The van der Waals surface area contributed by atoms with E-state index in [1.165, 1.54) is 11.8 Å². The van der Waals surface area contributed by atoms with E-state index in [1.54, 1.807) is 6.07 Å². The van der Waals surface area contributed by atoms with Crippen molar-refractivity contribution in [3.8, 4) is 11.8 Å². The Labute approximate surface area is 157 Å². The van der Waals surface area contributed by atoms with Gasteiger partial charge in [0.05, 0.1) is 27.8 Å². The first-order valence-corrected chi connectivity index (χ1v) is 9.40. The van der Waals surface area contributed by atoms with E-state index >= 15 is 0 Å². The molecule has 3 atom stereocenters. The van der Waals surface area contributed by atoms with Crippen molar-refractivity contribution in [3.63, 3.8) is 0 Å². The fourth-order valence-electron chi connectivity index (χ4n) is 3.46. The minimum atomic E-state index is -0.490. The van der Waals surface area contributed by atoms with E-state index < -0.39 is 11.8 Å². The Morgan fingerprint density at radius 2 is 1.96 bits per heavy atom. The van der Waals surface area contributed by atoms with Crippen LogP contribution in [-0.2, 0) is 4.79 Å². The molecule has 2 aliphatic rings. The maximum Gasteiger partial charge on any atom is 0.316 e. The minimum absolute atomic E-state index is 0.192. The summed E-state index contributed by atoms with van der Waals surface area (Å²) >= 11 is 4.83. The standard InChI is InChI=1S/C19H13BrN2O2S/c20-11-6-7-14-12(8-11)15-13(9-21)18(22)25-17(16(15)19(23)24-14)10-4-2-1-3-5-10/h1-8,15-17H,22H2. The summed E-state index contributed by atoms with van der Waals surface area (Å²) in [5, 5.41) is 9.95. The van der Waals surface area contributed by atoms with Crippen LogP contribution in [0.25, 0.3) is 0 Å². The largest absolute Gasteiger partial charge is 0.426 e. The molecule has 0 aromatic heterocycles. The van der Waals surface area contributed by atoms with Crippen LogP contribution in [0, 0.1) is 17.2 Å². The van der Waals surface area contributed by atoms with E-state index in [0.717, 1.165) is 15.6 Å². The monoisotopic (exact) mass is 412 g/mol. The number of carbonyl (C=O) groups excluding carboxylic acids is 1. The van der Waals surface area contributed by atoms with Gasteiger partial charge in [0.2, 0.25) is 0 Å². The van der Waals surface area contributed by atoms with Crippen LogP contribution in [0.5, 0.6) is 5.75 Å². The Morgan fingerprint density at radius 3 is 2.68 bits per heavy atom. The summed E-state index contributed by atoms with van der Waals surface area (Å²) in [6.07, 6.45) is 0. The van der Waals surface area contributed by atoms with Crippen molar-refractivity contribution in [2.45, 2.75) is 11.2 Å². The molecular weight excluding hydrogens is 400 g/mol. The molecule has 6 heteroatoms. The lowest BCUT2D eigenvalue weighted by atomic mass is 9.75. The Hall–Kier alpha value is -2.23. The molecule has 0 bridgehead atoms. The van der Waals surface area contributed by atoms with Crippen molar-refractivity contribution < 1.29 is 9.53 Å². The molecule has 0 saturated carbocycles. The normalized spacial score (nSPS) is 24.8. The van der Waals surface area contributed by atoms with Gasteiger partial charge in [-0.3, -0.25) is 4.79 Å². The first-order chi connectivity index (χ1) is 12.1. The highest BCUT2D eigenvalue weighted by Gasteiger charge is 2.49. The molecule has 0 fully saturated rings. The second-order valence-electron chi connectivity index (χ2n) is 5.95. The van der Waals surface area contributed by atoms with E-state index in [4.69, 9.17) is 10.5 Å². The molecule has 0 amide bonds. The maximum absolute atomic E-state index is 12.8. The molecule has 124 valence electrons. The molecule has 3 unspecified atom stereocenters. The number of ether oxygens (including phenoxy) is 1. The van der Waals surface area contributed by atoms with Crippen molar-refractivity contribution in [2.24, 2.45) is 11.7 Å². The molecule has 4 rings (SSSR count). The third-order valence-corrected chi connectivity index (χ3v) is 6.34. The predicted molar refractivity (Wildman–Crippen MR) is 99.6 cm³/mol. The quantitative estimate of drug-likeness (QED) is 0.559. The van der Waals surface area contributed by atoms with Crippen LogP contribution < -0.4 is 10.5 Å². The zero-order chi connectivity index (χ0) is 17.6. The Balaban J connectivity index is 1.93. The number of carbonyl (C=O) groups is 1. The number of fused-ring (bicyclic) bond motifs is 3. The SMILES string of the molecule is N#CC1=C(N)SC(c2ccccc2)C2C(=O)Oc3ccc(Br)cc3C12. The fourth-order valence-corrected chi connectivity index (χ4v) is 5.12. The van der Waals surface area contributed by atoms with E-state index in [9.17, 15) is 10.1 Å². The average Bonchev–Trinajstić information content (AvgIpc) is 2.62.